The number of amides is 3. The van der Waals surface area contributed by atoms with Gasteiger partial charge in [0.2, 0.25) is 5.91 Å². The monoisotopic (exact) mass is 811 g/mol. The molecule has 14 heteroatoms. The molecule has 0 fully saturated rings. The van der Waals surface area contributed by atoms with E-state index in [0.29, 0.717) is 35.3 Å². The van der Waals surface area contributed by atoms with Crippen LogP contribution in [0.2, 0.25) is 30.7 Å². The van der Waals surface area contributed by atoms with E-state index in [1.165, 1.54) is 10.9 Å². The molecule has 0 aliphatic heterocycles. The minimum atomic E-state index is -1.19. The van der Waals surface area contributed by atoms with E-state index < -0.39 is 37.6 Å². The molecule has 3 aromatic carbocycles. The van der Waals surface area contributed by atoms with Crippen LogP contribution >= 0.6 is 11.6 Å². The highest BCUT2D eigenvalue weighted by atomic mass is 35.5. The van der Waals surface area contributed by atoms with Gasteiger partial charge in [0.05, 0.1) is 5.69 Å². The predicted octanol–water partition coefficient (Wildman–Crippen LogP) is 8.54. The molecule has 0 spiro atoms. The Morgan fingerprint density at radius 1 is 0.930 bits per heavy atom. The summed E-state index contributed by atoms with van der Waals surface area (Å²) in [4.78, 5) is 39.7. The van der Waals surface area contributed by atoms with Crippen molar-refractivity contribution in [2.45, 2.75) is 91.6 Å². The van der Waals surface area contributed by atoms with E-state index in [1.54, 1.807) is 19.2 Å². The first-order chi connectivity index (χ1) is 26.9. The van der Waals surface area contributed by atoms with Crippen molar-refractivity contribution in [2.24, 2.45) is 7.05 Å². The number of ether oxygens (including phenoxy) is 2. The lowest BCUT2D eigenvalue weighted by atomic mass is 9.97. The number of carbonyl (C=O) groups excluding carboxylic acids is 3. The van der Waals surface area contributed by atoms with Crippen LogP contribution in [0.3, 0.4) is 0 Å². The molecule has 0 aliphatic rings. The van der Waals surface area contributed by atoms with Gasteiger partial charge < -0.3 is 25.4 Å². The number of aromatic nitrogens is 4. The van der Waals surface area contributed by atoms with Crippen LogP contribution in [0.1, 0.15) is 53.8 Å². The number of benzene rings is 3. The molecule has 0 radical (unpaired) electrons. The Balaban J connectivity index is 1.33. The molecule has 302 valence electrons. The third-order valence-corrected chi connectivity index (χ3v) is 11.3. The highest BCUT2D eigenvalue weighted by molar-refractivity contribution is 6.76. The Morgan fingerprint density at radius 2 is 1.63 bits per heavy atom. The molecule has 3 N–H and O–H groups in total. The third-order valence-electron chi connectivity index (χ3n) is 9.27. The quantitative estimate of drug-likeness (QED) is 0.0711. The fraction of sp³-hybridized carbons (Fsp3) is 0.372. The van der Waals surface area contributed by atoms with Crippen molar-refractivity contribution in [1.29, 1.82) is 0 Å². The number of aryl methyl sites for hydroxylation is 2. The van der Waals surface area contributed by atoms with E-state index in [2.05, 4.69) is 40.7 Å². The largest absolute Gasteiger partial charge is 0.444 e. The number of rotatable bonds is 15. The van der Waals surface area contributed by atoms with Gasteiger partial charge in [0.1, 0.15) is 24.1 Å². The molecule has 0 saturated heterocycles. The number of nitrogens with zero attached hydrogens (tertiary/aromatic N) is 4. The number of hydrogen-bond donors (Lipinski definition) is 3. The highest BCUT2D eigenvalue weighted by Crippen LogP contribution is 2.30. The van der Waals surface area contributed by atoms with Crippen LogP contribution < -0.4 is 16.0 Å². The fourth-order valence-corrected chi connectivity index (χ4v) is 7.19. The first kappa shape index (κ1) is 42.9. The molecule has 0 bridgehead atoms. The molecule has 0 saturated carbocycles. The van der Waals surface area contributed by atoms with Crippen LogP contribution in [0.25, 0.3) is 22.3 Å². The molecule has 2 aromatic heterocycles. The molecule has 2 heterocycles. The average molecular weight is 812 g/mol. The molecule has 3 amide bonds. The highest BCUT2D eigenvalue weighted by Gasteiger charge is 2.25. The summed E-state index contributed by atoms with van der Waals surface area (Å²) < 4.78 is 14.7. The van der Waals surface area contributed by atoms with Crippen molar-refractivity contribution in [3.63, 3.8) is 0 Å². The van der Waals surface area contributed by atoms with E-state index in [-0.39, 0.29) is 13.0 Å². The average Bonchev–Trinajstić information content (AvgIpc) is 3.70. The van der Waals surface area contributed by atoms with E-state index in [0.717, 1.165) is 45.2 Å². The van der Waals surface area contributed by atoms with Crippen molar-refractivity contribution in [3.05, 3.63) is 112 Å². The summed E-state index contributed by atoms with van der Waals surface area (Å²) in [5.41, 5.74) is 7.43. The zero-order valence-corrected chi connectivity index (χ0v) is 36.1. The lowest BCUT2D eigenvalue weighted by molar-refractivity contribution is -0.118. The van der Waals surface area contributed by atoms with Gasteiger partial charge in [-0.2, -0.15) is 10.2 Å². The summed E-state index contributed by atoms with van der Waals surface area (Å²) in [6.07, 6.45) is 1.14. The van der Waals surface area contributed by atoms with Crippen LogP contribution in [-0.4, -0.2) is 63.8 Å². The van der Waals surface area contributed by atoms with E-state index >= 15 is 0 Å². The van der Waals surface area contributed by atoms with Crippen LogP contribution in [0.15, 0.2) is 79.0 Å². The molecule has 57 heavy (non-hydrogen) atoms. The number of nitrogens with one attached hydrogen (secondary N) is 3. The molecular weight excluding hydrogens is 758 g/mol. The molecular formula is C43H54ClN7O5Si. The first-order valence-electron chi connectivity index (χ1n) is 19.0. The number of hydrogen-bond acceptors (Lipinski definition) is 7. The first-order valence-corrected chi connectivity index (χ1v) is 23.1. The molecule has 0 unspecified atom stereocenters. The van der Waals surface area contributed by atoms with E-state index in [4.69, 9.17) is 26.2 Å². The van der Waals surface area contributed by atoms with Gasteiger partial charge in [-0.1, -0.05) is 67.6 Å². The third kappa shape index (κ3) is 12.1. The summed E-state index contributed by atoms with van der Waals surface area (Å²) in [5, 5.41) is 18.0. The van der Waals surface area contributed by atoms with Gasteiger partial charge in [0.25, 0.3) is 5.91 Å². The standard InChI is InChI=1S/C43H54ClN7O5Si/c1-28-39(29(2)51(49-28)27-55-21-22-57(7,8)9)31-13-16-35(17-14-31)47-40(52)37(48-41(53)38-19-20-46-50(38)6)25-34-24-33(15-18-36(34)44)32-12-10-11-30(23-32)26-45-42(54)56-43(3,4)5/h10-20,23-24,37H,21-22,25-27H2,1-9H3,(H,45,54)(H,47,52)(H,48,53)/t37-/m0/s1. The lowest BCUT2D eigenvalue weighted by Gasteiger charge is -2.20. The van der Waals surface area contributed by atoms with Gasteiger partial charge in [-0.15, -0.1) is 0 Å². The Bertz CT molecular complexity index is 2200. The van der Waals surface area contributed by atoms with Crippen molar-refractivity contribution in [2.75, 3.05) is 11.9 Å². The maximum atomic E-state index is 14.0. The summed E-state index contributed by atoms with van der Waals surface area (Å²) in [6.45, 7) is 17.8. The van der Waals surface area contributed by atoms with E-state index in [1.807, 2.05) is 100.0 Å². The Hall–Kier alpha value is -5.24. The predicted molar refractivity (Wildman–Crippen MR) is 228 cm³/mol. The van der Waals surface area contributed by atoms with Gasteiger partial charge >= 0.3 is 6.09 Å². The Labute approximate surface area is 341 Å². The van der Waals surface area contributed by atoms with Crippen LogP contribution in [-0.2, 0) is 41.0 Å². The normalized spacial score (nSPS) is 12.2. The molecule has 0 aliphatic carbocycles. The summed E-state index contributed by atoms with van der Waals surface area (Å²) in [5.74, 6) is -0.860. The Morgan fingerprint density at radius 3 is 2.30 bits per heavy atom. The lowest BCUT2D eigenvalue weighted by Crippen LogP contribution is -2.45. The molecule has 5 rings (SSSR count). The minimum Gasteiger partial charge on any atom is -0.444 e. The van der Waals surface area contributed by atoms with E-state index in [9.17, 15) is 14.4 Å². The second kappa shape index (κ2) is 18.3. The van der Waals surface area contributed by atoms with Crippen molar-refractivity contribution in [1.82, 2.24) is 30.2 Å². The maximum Gasteiger partial charge on any atom is 0.407 e. The fourth-order valence-electron chi connectivity index (χ4n) is 6.24. The molecule has 5 aromatic rings. The van der Waals surface area contributed by atoms with Crippen molar-refractivity contribution >= 4 is 43.3 Å². The van der Waals surface area contributed by atoms with Gasteiger partial charge in [0.15, 0.2) is 0 Å². The van der Waals surface area contributed by atoms with Crippen LogP contribution in [0.4, 0.5) is 10.5 Å². The minimum absolute atomic E-state index is 0.109. The molecule has 1 atom stereocenters. The van der Waals surface area contributed by atoms with Gasteiger partial charge in [0, 0.05) is 62.9 Å². The van der Waals surface area contributed by atoms with Crippen molar-refractivity contribution < 1.29 is 23.9 Å². The van der Waals surface area contributed by atoms with Gasteiger partial charge in [-0.25, -0.2) is 9.48 Å². The Kier molecular flexibility index (Phi) is 13.8. The summed E-state index contributed by atoms with van der Waals surface area (Å²) >= 11 is 6.75. The zero-order valence-electron chi connectivity index (χ0n) is 34.3. The number of halogens is 1. The van der Waals surface area contributed by atoms with Gasteiger partial charge in [-0.3, -0.25) is 14.3 Å². The number of carbonyl (C=O) groups is 3. The van der Waals surface area contributed by atoms with Crippen LogP contribution in [0.5, 0.6) is 0 Å². The van der Waals surface area contributed by atoms with Gasteiger partial charge in [-0.05, 0) is 105 Å². The SMILES string of the molecule is Cc1nn(COCC[Si](C)(C)C)c(C)c1-c1ccc(NC(=O)[C@H](Cc2cc(-c3cccc(CNC(=O)OC(C)(C)C)c3)ccc2Cl)NC(=O)c2ccnn2C)cc1. The van der Waals surface area contributed by atoms with Crippen molar-refractivity contribution in [3.8, 4) is 22.3 Å². The topological polar surface area (TPSA) is 141 Å². The number of anilines is 1. The smallest absolute Gasteiger partial charge is 0.407 e. The maximum absolute atomic E-state index is 14.0. The van der Waals surface area contributed by atoms with Crippen LogP contribution in [0, 0.1) is 13.8 Å². The summed E-state index contributed by atoms with van der Waals surface area (Å²) in [6, 6.07) is 22.6. The summed E-state index contributed by atoms with van der Waals surface area (Å²) in [7, 11) is 0.472. The molecule has 12 nitrogen and oxygen atoms in total. The second-order valence-corrected chi connectivity index (χ2v) is 22.4. The second-order valence-electron chi connectivity index (χ2n) is 16.4. The number of alkyl carbamates (subject to hydrolysis) is 1. The zero-order chi connectivity index (χ0) is 41.5.